The van der Waals surface area contributed by atoms with Crippen LogP contribution in [0, 0.1) is 18.7 Å². The van der Waals surface area contributed by atoms with Gasteiger partial charge in [0.25, 0.3) is 11.8 Å². The number of carbonyl (C=O) groups is 2. The van der Waals surface area contributed by atoms with E-state index in [0.717, 1.165) is 16.7 Å². The molecule has 0 unspecified atom stereocenters. The first-order valence-corrected chi connectivity index (χ1v) is 9.12. The van der Waals surface area contributed by atoms with Gasteiger partial charge in [0, 0.05) is 18.5 Å². The Bertz CT molecular complexity index is 1070. The number of rotatable bonds is 3. The number of alkyl halides is 3. The van der Waals surface area contributed by atoms with Gasteiger partial charge in [-0.05, 0) is 30.7 Å². The maximum atomic E-state index is 14.0. The molecule has 1 aliphatic heterocycles. The van der Waals surface area contributed by atoms with Crippen molar-refractivity contribution in [3.8, 4) is 0 Å². The van der Waals surface area contributed by atoms with E-state index in [1.807, 2.05) is 0 Å². The largest absolute Gasteiger partial charge is 0.472 e. The van der Waals surface area contributed by atoms with Gasteiger partial charge in [0.05, 0.1) is 29.3 Å². The summed E-state index contributed by atoms with van der Waals surface area (Å²) >= 11 is 0. The van der Waals surface area contributed by atoms with Crippen LogP contribution >= 0.6 is 0 Å². The maximum absolute atomic E-state index is 14.0. The van der Waals surface area contributed by atoms with Gasteiger partial charge in [0.15, 0.2) is 0 Å². The second-order valence-electron chi connectivity index (χ2n) is 7.29. The standard InChI is InChI=1S/C20H17F4N3O3/c1-10-2-3-14(21)17-12(10)6-15(25-17)19(29)27-7-13(20(22,23)24)16(8-27)26-18(28)11-4-5-30-9-11/h2-6,9,13,16,25H,7-8H2,1H3,(H,26,28)/t13-,16-/m1/s1. The number of hydrogen-bond acceptors (Lipinski definition) is 3. The third kappa shape index (κ3) is 3.53. The molecule has 3 aromatic rings. The molecule has 1 saturated heterocycles. The fourth-order valence-electron chi connectivity index (χ4n) is 3.70. The lowest BCUT2D eigenvalue weighted by Gasteiger charge is -2.21. The monoisotopic (exact) mass is 423 g/mol. The molecular weight excluding hydrogens is 406 g/mol. The van der Waals surface area contributed by atoms with Crippen LogP contribution in [0.3, 0.4) is 0 Å². The molecular formula is C20H17F4N3O3. The zero-order chi connectivity index (χ0) is 21.6. The molecule has 2 atom stereocenters. The van der Waals surface area contributed by atoms with Gasteiger partial charge in [-0.1, -0.05) is 6.07 Å². The summed E-state index contributed by atoms with van der Waals surface area (Å²) in [6.45, 7) is 0.791. The predicted molar refractivity (Wildman–Crippen MR) is 98.4 cm³/mol. The number of furan rings is 1. The van der Waals surface area contributed by atoms with E-state index >= 15 is 0 Å². The lowest BCUT2D eigenvalue weighted by atomic mass is 10.0. The predicted octanol–water partition coefficient (Wildman–Crippen LogP) is 3.64. The first-order chi connectivity index (χ1) is 14.1. The van der Waals surface area contributed by atoms with Crippen molar-refractivity contribution in [2.75, 3.05) is 13.1 Å². The van der Waals surface area contributed by atoms with Crippen LogP contribution in [0.2, 0.25) is 0 Å². The van der Waals surface area contributed by atoms with Crippen molar-refractivity contribution in [1.29, 1.82) is 0 Å². The zero-order valence-electron chi connectivity index (χ0n) is 15.7. The van der Waals surface area contributed by atoms with Crippen LogP contribution in [-0.4, -0.2) is 47.0 Å². The summed E-state index contributed by atoms with van der Waals surface area (Å²) in [5.41, 5.74) is 0.916. The lowest BCUT2D eigenvalue weighted by Crippen LogP contribution is -2.45. The summed E-state index contributed by atoms with van der Waals surface area (Å²) in [5.74, 6) is -3.91. The molecule has 158 valence electrons. The topological polar surface area (TPSA) is 78.3 Å². The van der Waals surface area contributed by atoms with E-state index in [1.54, 1.807) is 13.0 Å². The second-order valence-corrected chi connectivity index (χ2v) is 7.29. The third-order valence-electron chi connectivity index (χ3n) is 5.32. The molecule has 0 saturated carbocycles. The first kappa shape index (κ1) is 20.0. The highest BCUT2D eigenvalue weighted by atomic mass is 19.4. The van der Waals surface area contributed by atoms with Crippen molar-refractivity contribution >= 4 is 22.7 Å². The molecule has 0 bridgehead atoms. The Hall–Kier alpha value is -3.30. The smallest absolute Gasteiger partial charge is 0.395 e. The van der Waals surface area contributed by atoms with E-state index in [-0.39, 0.29) is 23.3 Å². The van der Waals surface area contributed by atoms with Crippen LogP contribution in [0.1, 0.15) is 26.4 Å². The van der Waals surface area contributed by atoms with Crippen LogP contribution in [0.15, 0.2) is 41.2 Å². The average Bonchev–Trinajstić information content (AvgIpc) is 3.42. The van der Waals surface area contributed by atoms with Crippen molar-refractivity contribution in [2.45, 2.75) is 19.1 Å². The normalized spacial score (nSPS) is 19.4. The van der Waals surface area contributed by atoms with Crippen LogP contribution in [-0.2, 0) is 0 Å². The molecule has 1 fully saturated rings. The molecule has 10 heteroatoms. The third-order valence-corrected chi connectivity index (χ3v) is 5.32. The van der Waals surface area contributed by atoms with E-state index in [9.17, 15) is 27.2 Å². The van der Waals surface area contributed by atoms with Gasteiger partial charge in [-0.25, -0.2) is 4.39 Å². The number of aromatic amines is 1. The fraction of sp³-hybridized carbons (Fsp3) is 0.300. The molecule has 2 N–H and O–H groups in total. The van der Waals surface area contributed by atoms with Crippen LogP contribution in [0.5, 0.6) is 0 Å². The van der Waals surface area contributed by atoms with Crippen LogP contribution < -0.4 is 5.32 Å². The Kier molecular flexibility index (Phi) is 4.79. The number of fused-ring (bicyclic) bond motifs is 1. The first-order valence-electron chi connectivity index (χ1n) is 9.12. The molecule has 3 heterocycles. The summed E-state index contributed by atoms with van der Waals surface area (Å²) in [6, 6.07) is 4.24. The molecule has 1 aliphatic rings. The molecule has 0 radical (unpaired) electrons. The molecule has 0 aliphatic carbocycles. The van der Waals surface area contributed by atoms with E-state index in [1.165, 1.54) is 24.5 Å². The van der Waals surface area contributed by atoms with Gasteiger partial charge >= 0.3 is 6.18 Å². The highest BCUT2D eigenvalue weighted by Crippen LogP contribution is 2.35. The quantitative estimate of drug-likeness (QED) is 0.632. The molecule has 0 spiro atoms. The van der Waals surface area contributed by atoms with Crippen molar-refractivity contribution < 1.29 is 31.6 Å². The van der Waals surface area contributed by atoms with Crippen molar-refractivity contribution in [1.82, 2.24) is 15.2 Å². The summed E-state index contributed by atoms with van der Waals surface area (Å²) in [7, 11) is 0. The second kappa shape index (κ2) is 7.19. The minimum atomic E-state index is -4.62. The van der Waals surface area contributed by atoms with E-state index in [0.29, 0.717) is 5.39 Å². The van der Waals surface area contributed by atoms with Crippen molar-refractivity contribution in [2.24, 2.45) is 5.92 Å². The van der Waals surface area contributed by atoms with Gasteiger partial charge in [0.1, 0.15) is 17.8 Å². The summed E-state index contributed by atoms with van der Waals surface area (Å²) in [4.78, 5) is 28.7. The number of likely N-dealkylation sites (tertiary alicyclic amines) is 1. The fourth-order valence-corrected chi connectivity index (χ4v) is 3.70. The van der Waals surface area contributed by atoms with Gasteiger partial charge in [0.2, 0.25) is 0 Å². The van der Waals surface area contributed by atoms with Crippen LogP contribution in [0.25, 0.3) is 10.9 Å². The molecule has 30 heavy (non-hydrogen) atoms. The Morgan fingerprint density at radius 2 is 2.00 bits per heavy atom. The summed E-state index contributed by atoms with van der Waals surface area (Å²) < 4.78 is 59.4. The zero-order valence-corrected chi connectivity index (χ0v) is 15.7. The number of halogens is 4. The highest BCUT2D eigenvalue weighted by molar-refractivity contribution is 5.99. The Balaban J connectivity index is 1.58. The SMILES string of the molecule is Cc1ccc(F)c2[nH]c(C(=O)N3C[C@@H](C(F)(F)F)[C@H](NC(=O)c4ccoc4)C3)cc12. The number of H-pyrrole nitrogens is 1. The average molecular weight is 423 g/mol. The lowest BCUT2D eigenvalue weighted by molar-refractivity contribution is -0.174. The number of nitrogens with one attached hydrogen (secondary N) is 2. The van der Waals surface area contributed by atoms with Gasteiger partial charge in [-0.2, -0.15) is 13.2 Å². The number of aromatic nitrogens is 1. The maximum Gasteiger partial charge on any atom is 0.395 e. The van der Waals surface area contributed by atoms with Gasteiger partial charge in [-0.15, -0.1) is 0 Å². The Morgan fingerprint density at radius 1 is 1.23 bits per heavy atom. The summed E-state index contributed by atoms with van der Waals surface area (Å²) in [6.07, 6.45) is -2.26. The molecule has 6 nitrogen and oxygen atoms in total. The minimum absolute atomic E-state index is 0.0130. The van der Waals surface area contributed by atoms with Gasteiger partial charge < -0.3 is 19.6 Å². The van der Waals surface area contributed by atoms with E-state index < -0.39 is 42.3 Å². The summed E-state index contributed by atoms with van der Waals surface area (Å²) in [5, 5.41) is 2.82. The van der Waals surface area contributed by atoms with Crippen LogP contribution in [0.4, 0.5) is 17.6 Å². The van der Waals surface area contributed by atoms with Gasteiger partial charge in [-0.3, -0.25) is 9.59 Å². The number of nitrogens with zero attached hydrogens (tertiary/aromatic N) is 1. The number of amides is 2. The number of carbonyl (C=O) groups excluding carboxylic acids is 2. The number of aryl methyl sites for hydroxylation is 1. The van der Waals surface area contributed by atoms with Crippen molar-refractivity contribution in [3.63, 3.8) is 0 Å². The Morgan fingerprint density at radius 3 is 2.63 bits per heavy atom. The molecule has 2 amide bonds. The molecule has 2 aromatic heterocycles. The van der Waals surface area contributed by atoms with E-state index in [4.69, 9.17) is 4.42 Å². The number of benzene rings is 1. The number of hydrogen-bond donors (Lipinski definition) is 2. The molecule has 4 rings (SSSR count). The minimum Gasteiger partial charge on any atom is -0.472 e. The highest BCUT2D eigenvalue weighted by Gasteiger charge is 2.51. The Labute approximate surface area is 167 Å². The van der Waals surface area contributed by atoms with E-state index in [2.05, 4.69) is 10.3 Å². The van der Waals surface area contributed by atoms with Crippen molar-refractivity contribution in [3.05, 3.63) is 59.4 Å². The molecule has 1 aromatic carbocycles.